The van der Waals surface area contributed by atoms with Crippen molar-refractivity contribution < 1.29 is 13.2 Å². The first-order chi connectivity index (χ1) is 20.8. The molecule has 2 bridgehead atoms. The number of amides is 1. The Bertz CT molecular complexity index is 1620. The number of carbonyl (C=O) groups is 1. The van der Waals surface area contributed by atoms with E-state index in [1.54, 1.807) is 12.1 Å². The standard InChI is InChI=1S/C34H41ClN4O3S/c1-23-10-14-28(20-30(23)35)43(41,42)39-18-17-37-16-4-9-32(37)33(39)21-34(40)36-31-8-2-5-25-19-24(11-15-29(25)31)22-38-26-6-3-7-27(38)13-12-26/h4,9-11,14-16,19-20,26-27,31,33H,2-3,5-8,12-13,17-18,21-22H2,1H3,(H,36,40). The highest BCUT2D eigenvalue weighted by Crippen LogP contribution is 2.39. The number of rotatable bonds is 7. The molecule has 3 aliphatic heterocycles. The second kappa shape index (κ2) is 11.7. The summed E-state index contributed by atoms with van der Waals surface area (Å²) in [6.45, 7) is 3.71. The second-order valence-corrected chi connectivity index (χ2v) is 15.2. The molecule has 7 rings (SSSR count). The number of halogens is 1. The summed E-state index contributed by atoms with van der Waals surface area (Å²) in [6, 6.07) is 16.4. The van der Waals surface area contributed by atoms with Crippen LogP contribution in [-0.2, 0) is 34.3 Å². The molecule has 1 aromatic heterocycles. The van der Waals surface area contributed by atoms with Gasteiger partial charge < -0.3 is 9.88 Å². The zero-order chi connectivity index (χ0) is 29.7. The summed E-state index contributed by atoms with van der Waals surface area (Å²) in [5, 5.41) is 3.71. The van der Waals surface area contributed by atoms with Gasteiger partial charge in [-0.3, -0.25) is 9.69 Å². The van der Waals surface area contributed by atoms with E-state index in [1.807, 2.05) is 25.3 Å². The molecule has 1 aliphatic carbocycles. The minimum absolute atomic E-state index is 0.0600. The Balaban J connectivity index is 1.08. The van der Waals surface area contributed by atoms with Crippen LogP contribution < -0.4 is 5.32 Å². The number of aryl methyl sites for hydroxylation is 2. The molecule has 2 saturated heterocycles. The molecule has 3 aromatic rings. The van der Waals surface area contributed by atoms with Crippen molar-refractivity contribution in [3.63, 3.8) is 0 Å². The monoisotopic (exact) mass is 620 g/mol. The van der Waals surface area contributed by atoms with Gasteiger partial charge in [0.1, 0.15) is 0 Å². The third-order valence-corrected chi connectivity index (χ3v) is 12.6. The molecule has 4 unspecified atom stereocenters. The molecule has 4 atom stereocenters. The number of nitrogens with one attached hydrogen (secondary N) is 1. The van der Waals surface area contributed by atoms with Crippen LogP contribution in [0.2, 0.25) is 5.02 Å². The van der Waals surface area contributed by atoms with Crippen molar-refractivity contribution >= 4 is 27.5 Å². The highest BCUT2D eigenvalue weighted by Gasteiger charge is 2.39. The number of fused-ring (bicyclic) bond motifs is 4. The summed E-state index contributed by atoms with van der Waals surface area (Å²) < 4.78 is 31.3. The van der Waals surface area contributed by atoms with E-state index in [0.29, 0.717) is 18.1 Å². The minimum Gasteiger partial charge on any atom is -0.349 e. The van der Waals surface area contributed by atoms with Crippen LogP contribution in [0.25, 0.3) is 0 Å². The van der Waals surface area contributed by atoms with Crippen LogP contribution in [0, 0.1) is 6.92 Å². The molecule has 2 aromatic carbocycles. The number of nitrogens with zero attached hydrogens (tertiary/aromatic N) is 3. The highest BCUT2D eigenvalue weighted by molar-refractivity contribution is 7.89. The van der Waals surface area contributed by atoms with Gasteiger partial charge in [0.15, 0.2) is 0 Å². The van der Waals surface area contributed by atoms with Crippen molar-refractivity contribution in [1.29, 1.82) is 0 Å². The predicted octanol–water partition coefficient (Wildman–Crippen LogP) is 6.30. The molecule has 228 valence electrons. The number of hydrogen-bond donors (Lipinski definition) is 1. The Morgan fingerprint density at radius 1 is 0.977 bits per heavy atom. The van der Waals surface area contributed by atoms with Crippen molar-refractivity contribution in [3.05, 3.63) is 87.7 Å². The molecule has 9 heteroatoms. The van der Waals surface area contributed by atoms with Crippen LogP contribution in [0.1, 0.15) is 91.4 Å². The van der Waals surface area contributed by atoms with E-state index in [-0.39, 0.29) is 23.3 Å². The molecule has 0 radical (unpaired) electrons. The lowest BCUT2D eigenvalue weighted by atomic mass is 9.86. The summed E-state index contributed by atoms with van der Waals surface area (Å²) in [6.07, 6.45) is 11.7. The van der Waals surface area contributed by atoms with Gasteiger partial charge in [-0.05, 0) is 98.4 Å². The van der Waals surface area contributed by atoms with Gasteiger partial charge in [-0.25, -0.2) is 8.42 Å². The summed E-state index contributed by atoms with van der Waals surface area (Å²) in [4.78, 5) is 16.6. The molecule has 1 amide bonds. The van der Waals surface area contributed by atoms with Crippen molar-refractivity contribution in [3.8, 4) is 0 Å². The van der Waals surface area contributed by atoms with E-state index in [2.05, 4.69) is 33.0 Å². The van der Waals surface area contributed by atoms with E-state index in [1.165, 1.54) is 59.2 Å². The number of carbonyl (C=O) groups excluding carboxylic acids is 1. The lowest BCUT2D eigenvalue weighted by Crippen LogP contribution is -2.44. The Kier molecular flexibility index (Phi) is 7.91. The zero-order valence-corrected chi connectivity index (χ0v) is 26.4. The van der Waals surface area contributed by atoms with Gasteiger partial charge in [0, 0.05) is 55.1 Å². The van der Waals surface area contributed by atoms with Crippen molar-refractivity contribution in [2.24, 2.45) is 0 Å². The fraction of sp³-hybridized carbons (Fsp3) is 0.500. The maximum atomic E-state index is 13.9. The third kappa shape index (κ3) is 5.56. The average molecular weight is 621 g/mol. The normalized spacial score (nSPS) is 25.7. The summed E-state index contributed by atoms with van der Waals surface area (Å²) in [7, 11) is -3.87. The topological polar surface area (TPSA) is 74.6 Å². The molecular formula is C34H41ClN4O3S. The SMILES string of the molecule is Cc1ccc(S(=O)(=O)N2CCn3cccc3C2CC(=O)NC2CCCc3cc(CN4C5CCCC4CC5)ccc32)cc1Cl. The summed E-state index contributed by atoms with van der Waals surface area (Å²) in [5.41, 5.74) is 5.58. The van der Waals surface area contributed by atoms with Gasteiger partial charge in [-0.15, -0.1) is 0 Å². The molecular weight excluding hydrogens is 580 g/mol. The number of benzene rings is 2. The third-order valence-electron chi connectivity index (χ3n) is 10.3. The van der Waals surface area contributed by atoms with Crippen molar-refractivity contribution in [1.82, 2.24) is 19.1 Å². The number of sulfonamides is 1. The molecule has 43 heavy (non-hydrogen) atoms. The van der Waals surface area contributed by atoms with Crippen molar-refractivity contribution in [2.45, 2.75) is 107 Å². The molecule has 0 saturated carbocycles. The Labute approximate surface area is 260 Å². The lowest BCUT2D eigenvalue weighted by Gasteiger charge is -2.36. The molecule has 4 aliphatic rings. The van der Waals surface area contributed by atoms with Crippen LogP contribution >= 0.6 is 11.6 Å². The fourth-order valence-electron chi connectivity index (χ4n) is 8.04. The van der Waals surface area contributed by atoms with Gasteiger partial charge in [-0.1, -0.05) is 42.3 Å². The molecule has 0 spiro atoms. The fourth-order valence-corrected chi connectivity index (χ4v) is 9.91. The van der Waals surface area contributed by atoms with Gasteiger partial charge in [0.05, 0.1) is 17.0 Å². The van der Waals surface area contributed by atoms with E-state index in [9.17, 15) is 13.2 Å². The van der Waals surface area contributed by atoms with Gasteiger partial charge in [0.2, 0.25) is 15.9 Å². The van der Waals surface area contributed by atoms with Gasteiger partial charge >= 0.3 is 0 Å². The van der Waals surface area contributed by atoms with Crippen molar-refractivity contribution in [2.75, 3.05) is 6.54 Å². The van der Waals surface area contributed by atoms with E-state index in [4.69, 9.17) is 11.6 Å². The van der Waals surface area contributed by atoms with Gasteiger partial charge in [-0.2, -0.15) is 4.31 Å². The van der Waals surface area contributed by atoms with Crippen LogP contribution in [0.5, 0.6) is 0 Å². The zero-order valence-electron chi connectivity index (χ0n) is 24.8. The predicted molar refractivity (Wildman–Crippen MR) is 168 cm³/mol. The number of aromatic nitrogens is 1. The summed E-state index contributed by atoms with van der Waals surface area (Å²) >= 11 is 6.31. The van der Waals surface area contributed by atoms with E-state index < -0.39 is 16.1 Å². The maximum absolute atomic E-state index is 13.9. The highest BCUT2D eigenvalue weighted by atomic mass is 35.5. The second-order valence-electron chi connectivity index (χ2n) is 12.9. The average Bonchev–Trinajstić information content (AvgIpc) is 3.54. The van der Waals surface area contributed by atoms with Crippen LogP contribution in [0.3, 0.4) is 0 Å². The van der Waals surface area contributed by atoms with Crippen LogP contribution in [0.15, 0.2) is 59.6 Å². The smallest absolute Gasteiger partial charge is 0.243 e. The first-order valence-electron chi connectivity index (χ1n) is 15.9. The Morgan fingerprint density at radius 3 is 2.58 bits per heavy atom. The Morgan fingerprint density at radius 2 is 1.79 bits per heavy atom. The summed E-state index contributed by atoms with van der Waals surface area (Å²) in [5.74, 6) is -0.131. The quantitative estimate of drug-likeness (QED) is 0.337. The van der Waals surface area contributed by atoms with Crippen LogP contribution in [-0.4, -0.2) is 46.7 Å². The molecule has 7 nitrogen and oxygen atoms in total. The molecule has 4 heterocycles. The molecule has 1 N–H and O–H groups in total. The van der Waals surface area contributed by atoms with Crippen LogP contribution in [0.4, 0.5) is 0 Å². The van der Waals surface area contributed by atoms with E-state index in [0.717, 1.165) is 49.1 Å². The number of piperidine rings is 1. The minimum atomic E-state index is -3.87. The first-order valence-corrected chi connectivity index (χ1v) is 17.7. The number of hydrogen-bond acceptors (Lipinski definition) is 4. The van der Waals surface area contributed by atoms with Gasteiger partial charge in [0.25, 0.3) is 0 Å². The first kappa shape index (κ1) is 29.1. The molecule has 2 fully saturated rings. The lowest BCUT2D eigenvalue weighted by molar-refractivity contribution is -0.123. The van der Waals surface area contributed by atoms with E-state index >= 15 is 0 Å². The Hall–Kier alpha value is -2.65. The maximum Gasteiger partial charge on any atom is 0.243 e. The largest absolute Gasteiger partial charge is 0.349 e.